The van der Waals surface area contributed by atoms with Crippen LogP contribution in [0.4, 0.5) is 0 Å². The first kappa shape index (κ1) is 26.8. The van der Waals surface area contributed by atoms with Crippen molar-refractivity contribution in [2.24, 2.45) is 0 Å². The molecule has 0 atom stereocenters. The molecule has 0 unspecified atom stereocenters. The maximum atomic E-state index is 3.78. The van der Waals surface area contributed by atoms with Crippen LogP contribution in [0.1, 0.15) is 55.4 Å². The van der Waals surface area contributed by atoms with Crippen LogP contribution in [0.2, 0.25) is 0 Å². The van der Waals surface area contributed by atoms with Crippen LogP contribution in [-0.2, 0) is 0 Å². The van der Waals surface area contributed by atoms with Crippen LogP contribution in [0.15, 0.2) is 67.0 Å². The number of benzene rings is 1. The molecule has 0 aliphatic rings. The molecular weight excluding hydrogens is 242 g/mol. The molecule has 0 fully saturated rings. The second-order valence-corrected chi connectivity index (χ2v) is 2.18. The highest BCUT2D eigenvalue weighted by Crippen LogP contribution is 1.79. The molecule has 1 aromatic heterocycles. The van der Waals surface area contributed by atoms with Gasteiger partial charge in [-0.15, -0.1) is 0 Å². The average molecular weight is 277 g/mol. The third-order valence-corrected chi connectivity index (χ3v) is 1.23. The van der Waals surface area contributed by atoms with E-state index in [0.29, 0.717) is 0 Å². The molecule has 116 valence electrons. The Morgan fingerprint density at radius 3 is 0.650 bits per heavy atom. The van der Waals surface area contributed by atoms with Gasteiger partial charge in [-0.1, -0.05) is 97.9 Å². The standard InChI is InChI=1S/C6H6.C5H5N.4C2H6/c2*1-2-4-6-5-3-1;4*1-2/h1-6H;1-5H;4*1-2H3. The molecule has 0 spiro atoms. The smallest absolute Gasteiger partial charge is 0.0267 e. The van der Waals surface area contributed by atoms with E-state index in [-0.39, 0.29) is 0 Å². The predicted molar refractivity (Wildman–Crippen MR) is 96.1 cm³/mol. The summed E-state index contributed by atoms with van der Waals surface area (Å²) in [5, 5.41) is 0. The minimum atomic E-state index is 1.75. The Bertz CT molecular complexity index is 181. The molecule has 0 bridgehead atoms. The quantitative estimate of drug-likeness (QED) is 0.512. The van der Waals surface area contributed by atoms with Gasteiger partial charge in [-0.3, -0.25) is 4.98 Å². The molecular formula is C19H35N. The molecule has 20 heavy (non-hydrogen) atoms. The van der Waals surface area contributed by atoms with Gasteiger partial charge in [-0.25, -0.2) is 0 Å². The van der Waals surface area contributed by atoms with Gasteiger partial charge >= 0.3 is 0 Å². The molecule has 2 aromatic rings. The fraction of sp³-hybridized carbons (Fsp3) is 0.421. The first-order valence-corrected chi connectivity index (χ1v) is 7.85. The van der Waals surface area contributed by atoms with Crippen LogP contribution < -0.4 is 0 Å². The zero-order valence-corrected chi connectivity index (χ0v) is 14.8. The predicted octanol–water partition coefficient (Wildman–Crippen LogP) is 6.87. The molecule has 0 amide bonds. The second-order valence-electron chi connectivity index (χ2n) is 2.18. The van der Waals surface area contributed by atoms with Gasteiger partial charge in [-0.05, 0) is 12.1 Å². The lowest BCUT2D eigenvalue weighted by molar-refractivity contribution is 1.33. The molecule has 0 saturated heterocycles. The zero-order valence-electron chi connectivity index (χ0n) is 14.8. The van der Waals surface area contributed by atoms with Crippen molar-refractivity contribution in [3.63, 3.8) is 0 Å². The molecule has 0 radical (unpaired) electrons. The Hall–Kier alpha value is -1.63. The Morgan fingerprint density at radius 2 is 0.550 bits per heavy atom. The highest BCUT2D eigenvalue weighted by atomic mass is 14.6. The third kappa shape index (κ3) is 36.0. The van der Waals surface area contributed by atoms with Gasteiger partial charge in [0.05, 0.1) is 0 Å². The van der Waals surface area contributed by atoms with E-state index in [4.69, 9.17) is 0 Å². The fourth-order valence-electron chi connectivity index (χ4n) is 0.698. The van der Waals surface area contributed by atoms with Crippen molar-refractivity contribution in [2.45, 2.75) is 55.4 Å². The Kier molecular flexibility index (Phi) is 58.1. The summed E-state index contributed by atoms with van der Waals surface area (Å²) in [4.78, 5) is 3.78. The average Bonchev–Trinajstić information content (AvgIpc) is 2.65. The van der Waals surface area contributed by atoms with Crippen LogP contribution in [0.25, 0.3) is 0 Å². The summed E-state index contributed by atoms with van der Waals surface area (Å²) in [6, 6.07) is 17.7. The maximum absolute atomic E-state index is 3.78. The van der Waals surface area contributed by atoms with E-state index in [9.17, 15) is 0 Å². The van der Waals surface area contributed by atoms with E-state index in [1.54, 1.807) is 12.4 Å². The molecule has 0 saturated carbocycles. The number of rotatable bonds is 0. The zero-order chi connectivity index (χ0) is 16.5. The molecule has 1 heteroatoms. The van der Waals surface area contributed by atoms with E-state index in [2.05, 4.69) is 4.98 Å². The van der Waals surface area contributed by atoms with E-state index in [1.807, 2.05) is 110 Å². The highest BCUT2D eigenvalue weighted by molar-refractivity contribution is 4.99. The molecule has 0 N–H and O–H groups in total. The highest BCUT2D eigenvalue weighted by Gasteiger charge is 1.58. The van der Waals surface area contributed by atoms with Gasteiger partial charge < -0.3 is 0 Å². The summed E-state index contributed by atoms with van der Waals surface area (Å²) in [6.45, 7) is 16.0. The van der Waals surface area contributed by atoms with E-state index >= 15 is 0 Å². The summed E-state index contributed by atoms with van der Waals surface area (Å²) in [5.41, 5.74) is 0. The van der Waals surface area contributed by atoms with Gasteiger partial charge in [0, 0.05) is 12.4 Å². The first-order valence-electron chi connectivity index (χ1n) is 7.85. The number of hydrogen-bond donors (Lipinski definition) is 0. The van der Waals surface area contributed by atoms with Crippen molar-refractivity contribution in [3.8, 4) is 0 Å². The van der Waals surface area contributed by atoms with Crippen LogP contribution in [0, 0.1) is 0 Å². The molecule has 0 aliphatic heterocycles. The van der Waals surface area contributed by atoms with Gasteiger partial charge in [0.1, 0.15) is 0 Å². The van der Waals surface area contributed by atoms with Crippen molar-refractivity contribution in [1.29, 1.82) is 0 Å². The number of pyridine rings is 1. The van der Waals surface area contributed by atoms with Crippen molar-refractivity contribution < 1.29 is 0 Å². The summed E-state index contributed by atoms with van der Waals surface area (Å²) in [6.07, 6.45) is 3.50. The Balaban J connectivity index is -0.0000000863. The normalized spacial score (nSPS) is 6.00. The topological polar surface area (TPSA) is 12.9 Å². The minimum absolute atomic E-state index is 1.75. The Morgan fingerprint density at radius 1 is 0.350 bits per heavy atom. The lowest BCUT2D eigenvalue weighted by atomic mass is 10.4. The van der Waals surface area contributed by atoms with Gasteiger partial charge in [-0.2, -0.15) is 0 Å². The van der Waals surface area contributed by atoms with Crippen molar-refractivity contribution >= 4 is 0 Å². The van der Waals surface area contributed by atoms with E-state index < -0.39 is 0 Å². The maximum Gasteiger partial charge on any atom is 0.0267 e. The van der Waals surface area contributed by atoms with E-state index in [0.717, 1.165) is 0 Å². The van der Waals surface area contributed by atoms with Gasteiger partial charge in [0.2, 0.25) is 0 Å². The van der Waals surface area contributed by atoms with Crippen molar-refractivity contribution in [3.05, 3.63) is 67.0 Å². The second kappa shape index (κ2) is 43.3. The van der Waals surface area contributed by atoms with E-state index in [1.165, 1.54) is 0 Å². The molecule has 1 nitrogen and oxygen atoms in total. The summed E-state index contributed by atoms with van der Waals surface area (Å²) in [7, 11) is 0. The summed E-state index contributed by atoms with van der Waals surface area (Å²) < 4.78 is 0. The number of aromatic nitrogens is 1. The molecule has 2 rings (SSSR count). The fourth-order valence-corrected chi connectivity index (χ4v) is 0.698. The van der Waals surface area contributed by atoms with Crippen molar-refractivity contribution in [1.82, 2.24) is 4.98 Å². The Labute approximate surface area is 128 Å². The number of nitrogens with zero attached hydrogens (tertiary/aromatic N) is 1. The summed E-state index contributed by atoms with van der Waals surface area (Å²) in [5.74, 6) is 0. The lowest BCUT2D eigenvalue weighted by Gasteiger charge is -1.70. The lowest BCUT2D eigenvalue weighted by Crippen LogP contribution is -1.58. The minimum Gasteiger partial charge on any atom is -0.265 e. The largest absolute Gasteiger partial charge is 0.265 e. The van der Waals surface area contributed by atoms with Crippen LogP contribution in [-0.4, -0.2) is 4.98 Å². The number of hydrogen-bond acceptors (Lipinski definition) is 1. The SMILES string of the molecule is CC.CC.CC.CC.c1ccccc1.c1ccncc1. The van der Waals surface area contributed by atoms with Crippen molar-refractivity contribution in [2.75, 3.05) is 0 Å². The molecule has 1 heterocycles. The summed E-state index contributed by atoms with van der Waals surface area (Å²) >= 11 is 0. The third-order valence-electron chi connectivity index (χ3n) is 1.23. The van der Waals surface area contributed by atoms with Crippen LogP contribution >= 0.6 is 0 Å². The van der Waals surface area contributed by atoms with Crippen LogP contribution in [0.3, 0.4) is 0 Å². The monoisotopic (exact) mass is 277 g/mol. The van der Waals surface area contributed by atoms with Crippen LogP contribution in [0.5, 0.6) is 0 Å². The molecule has 1 aromatic carbocycles. The first-order chi connectivity index (χ1) is 10.0. The van der Waals surface area contributed by atoms with Gasteiger partial charge in [0.15, 0.2) is 0 Å². The molecule has 0 aliphatic carbocycles. The van der Waals surface area contributed by atoms with Gasteiger partial charge in [0.25, 0.3) is 0 Å².